The highest BCUT2D eigenvalue weighted by atomic mass is 32.3. The summed E-state index contributed by atoms with van der Waals surface area (Å²) in [5.74, 6) is -1.17. The first-order valence-corrected chi connectivity index (χ1v) is 7.78. The minimum atomic E-state index is -3.91. The van der Waals surface area contributed by atoms with E-state index in [1.54, 1.807) is 0 Å². The molecule has 96 valence electrons. The molecule has 0 aromatic carbocycles. The van der Waals surface area contributed by atoms with Crippen LogP contribution in [0.3, 0.4) is 0 Å². The second kappa shape index (κ2) is 6.13. The number of sulfone groups is 1. The molecule has 0 saturated carbocycles. The van der Waals surface area contributed by atoms with Crippen molar-refractivity contribution in [1.29, 1.82) is 0 Å². The fourth-order valence-corrected chi connectivity index (χ4v) is 3.73. The lowest BCUT2D eigenvalue weighted by atomic mass is 10.7. The lowest BCUT2D eigenvalue weighted by Crippen LogP contribution is -2.32. The summed E-state index contributed by atoms with van der Waals surface area (Å²) in [7, 11) is -7.53. The number of carboxylic acids is 1. The first kappa shape index (κ1) is 15.3. The van der Waals surface area contributed by atoms with E-state index in [-0.39, 0.29) is 13.2 Å². The van der Waals surface area contributed by atoms with E-state index < -0.39 is 37.5 Å². The molecule has 0 aliphatic heterocycles. The fraction of sp³-hybridized carbons (Fsp3) is 0.833. The van der Waals surface area contributed by atoms with E-state index in [0.29, 0.717) is 0 Å². The summed E-state index contributed by atoms with van der Waals surface area (Å²) in [5, 5.41) is 7.18. The van der Waals surface area contributed by atoms with Crippen LogP contribution < -0.4 is 4.72 Å². The van der Waals surface area contributed by atoms with Crippen LogP contribution >= 0.6 is 0 Å². The third kappa shape index (κ3) is 9.83. The van der Waals surface area contributed by atoms with Crippen molar-refractivity contribution in [2.24, 2.45) is 0 Å². The highest BCUT2D eigenvalue weighted by Crippen LogP contribution is 1.91. The maximum Gasteiger partial charge on any atom is 0.329 e. The van der Waals surface area contributed by atoms with E-state index >= 15 is 0 Å². The van der Waals surface area contributed by atoms with Crippen molar-refractivity contribution in [1.82, 2.24) is 4.72 Å². The number of ether oxygens (including phenoxy) is 1. The van der Waals surface area contributed by atoms with Gasteiger partial charge in [0.15, 0.2) is 14.9 Å². The van der Waals surface area contributed by atoms with E-state index in [1.165, 1.54) is 0 Å². The normalized spacial score (nSPS) is 12.6. The molecule has 0 aliphatic rings. The van der Waals surface area contributed by atoms with Gasteiger partial charge in [-0.2, -0.15) is 0 Å². The Balaban J connectivity index is 3.89. The van der Waals surface area contributed by atoms with Crippen LogP contribution in [-0.4, -0.2) is 59.0 Å². The third-order valence-corrected chi connectivity index (χ3v) is 4.76. The minimum Gasteiger partial charge on any atom is -0.480 e. The summed E-state index contributed by atoms with van der Waals surface area (Å²) in [6, 6.07) is 0. The van der Waals surface area contributed by atoms with E-state index in [0.717, 1.165) is 6.26 Å². The Bertz CT molecular complexity index is 424. The van der Waals surface area contributed by atoms with E-state index in [9.17, 15) is 21.6 Å². The number of nitrogens with one attached hydrogen (secondary N) is 1. The Morgan fingerprint density at radius 3 is 2.31 bits per heavy atom. The number of sulfonamides is 1. The van der Waals surface area contributed by atoms with E-state index in [2.05, 4.69) is 4.74 Å². The highest BCUT2D eigenvalue weighted by Gasteiger charge is 2.17. The number of hydrogen-bond acceptors (Lipinski definition) is 6. The Kier molecular flexibility index (Phi) is 5.86. The molecule has 0 heterocycles. The molecule has 2 N–H and O–H groups in total. The predicted molar refractivity (Wildman–Crippen MR) is 55.1 cm³/mol. The van der Waals surface area contributed by atoms with Crippen LogP contribution in [0.2, 0.25) is 0 Å². The lowest BCUT2D eigenvalue weighted by molar-refractivity contribution is -0.142. The molecule has 0 aromatic heterocycles. The van der Waals surface area contributed by atoms with Gasteiger partial charge in [-0.1, -0.05) is 0 Å². The van der Waals surface area contributed by atoms with Gasteiger partial charge < -0.3 is 9.84 Å². The standard InChI is InChI=1S/C6H13NO7S2/c1-15(10,11)5-16(12,13)7-2-3-14-4-6(8)9/h7H,2-5H2,1H3,(H,8,9). The maximum atomic E-state index is 11.1. The van der Waals surface area contributed by atoms with Crippen molar-refractivity contribution in [3.63, 3.8) is 0 Å². The monoisotopic (exact) mass is 275 g/mol. The van der Waals surface area contributed by atoms with Gasteiger partial charge in [0.2, 0.25) is 10.0 Å². The smallest absolute Gasteiger partial charge is 0.329 e. The largest absolute Gasteiger partial charge is 0.480 e. The SMILES string of the molecule is CS(=O)(=O)CS(=O)(=O)NCCOCC(=O)O. The van der Waals surface area contributed by atoms with Crippen LogP contribution in [0.1, 0.15) is 0 Å². The van der Waals surface area contributed by atoms with Gasteiger partial charge in [-0.15, -0.1) is 0 Å². The molecule has 0 rings (SSSR count). The van der Waals surface area contributed by atoms with Gasteiger partial charge in [-0.3, -0.25) is 0 Å². The van der Waals surface area contributed by atoms with Crippen molar-refractivity contribution in [3.05, 3.63) is 0 Å². The zero-order valence-corrected chi connectivity index (χ0v) is 10.2. The number of hydrogen-bond donors (Lipinski definition) is 2. The molecule has 0 amide bonds. The van der Waals surface area contributed by atoms with Crippen molar-refractivity contribution < 1.29 is 31.5 Å². The molecule has 0 bridgehead atoms. The van der Waals surface area contributed by atoms with Gasteiger partial charge in [-0.05, 0) is 0 Å². The summed E-state index contributed by atoms with van der Waals surface area (Å²) in [6.07, 6.45) is 0.799. The quantitative estimate of drug-likeness (QED) is 0.491. The number of aliphatic carboxylic acids is 1. The average Bonchev–Trinajstić information content (AvgIpc) is 1.97. The molecule has 0 aromatic rings. The van der Waals surface area contributed by atoms with Crippen LogP contribution in [-0.2, 0) is 29.4 Å². The minimum absolute atomic E-state index is 0.144. The van der Waals surface area contributed by atoms with Crippen molar-refractivity contribution in [3.8, 4) is 0 Å². The average molecular weight is 275 g/mol. The summed E-state index contributed by atoms with van der Waals surface area (Å²) in [5.41, 5.74) is 0. The summed E-state index contributed by atoms with van der Waals surface area (Å²) in [6.45, 7) is -0.853. The molecule has 0 radical (unpaired) electrons. The second-order valence-electron chi connectivity index (χ2n) is 3.00. The predicted octanol–water partition coefficient (Wildman–Crippen LogP) is -1.99. The molecule has 0 unspecified atom stereocenters. The van der Waals surface area contributed by atoms with Crippen molar-refractivity contribution in [2.45, 2.75) is 0 Å². The van der Waals surface area contributed by atoms with Gasteiger partial charge in [0.1, 0.15) is 6.61 Å². The van der Waals surface area contributed by atoms with Crippen LogP contribution in [0, 0.1) is 0 Å². The first-order valence-electron chi connectivity index (χ1n) is 4.07. The zero-order valence-electron chi connectivity index (χ0n) is 8.54. The summed E-state index contributed by atoms with van der Waals surface area (Å²) >= 11 is 0. The molecule has 0 spiro atoms. The van der Waals surface area contributed by atoms with E-state index in [1.807, 2.05) is 4.72 Å². The van der Waals surface area contributed by atoms with Crippen LogP contribution in [0.25, 0.3) is 0 Å². The van der Waals surface area contributed by atoms with E-state index in [4.69, 9.17) is 5.11 Å². The summed E-state index contributed by atoms with van der Waals surface area (Å²) < 4.78 is 50.1. The van der Waals surface area contributed by atoms with Gasteiger partial charge in [0.25, 0.3) is 0 Å². The molecule has 0 atom stereocenters. The topological polar surface area (TPSA) is 127 Å². The molecule has 10 heteroatoms. The van der Waals surface area contributed by atoms with Gasteiger partial charge in [0, 0.05) is 12.8 Å². The number of carboxylic acid groups (broad SMARTS) is 1. The highest BCUT2D eigenvalue weighted by molar-refractivity contribution is 8.06. The third-order valence-electron chi connectivity index (χ3n) is 1.16. The lowest BCUT2D eigenvalue weighted by Gasteiger charge is -2.05. The molecule has 0 aliphatic carbocycles. The van der Waals surface area contributed by atoms with Gasteiger partial charge >= 0.3 is 5.97 Å². The second-order valence-corrected chi connectivity index (χ2v) is 7.31. The summed E-state index contributed by atoms with van der Waals surface area (Å²) in [4.78, 5) is 10.0. The molecule has 0 saturated heterocycles. The van der Waals surface area contributed by atoms with Crippen molar-refractivity contribution in [2.75, 3.05) is 31.1 Å². The van der Waals surface area contributed by atoms with Gasteiger partial charge in [0.05, 0.1) is 6.61 Å². The molecule has 0 fully saturated rings. The van der Waals surface area contributed by atoms with Crippen LogP contribution in [0.5, 0.6) is 0 Å². The van der Waals surface area contributed by atoms with Crippen molar-refractivity contribution >= 4 is 25.8 Å². The molecule has 8 nitrogen and oxygen atoms in total. The Hall–Kier alpha value is -0.710. The Labute approximate surface area is 93.6 Å². The molecular formula is C6H13NO7S2. The Morgan fingerprint density at radius 2 is 1.88 bits per heavy atom. The van der Waals surface area contributed by atoms with Crippen LogP contribution in [0.4, 0.5) is 0 Å². The zero-order chi connectivity index (χ0) is 12.8. The molecule has 16 heavy (non-hydrogen) atoms. The first-order chi connectivity index (χ1) is 7.12. The van der Waals surface area contributed by atoms with Gasteiger partial charge in [-0.25, -0.2) is 26.4 Å². The Morgan fingerprint density at radius 1 is 1.31 bits per heavy atom. The van der Waals surface area contributed by atoms with Crippen LogP contribution in [0.15, 0.2) is 0 Å². The fourth-order valence-electron chi connectivity index (χ4n) is 0.752. The number of carbonyl (C=O) groups is 1. The number of rotatable bonds is 8. The molecular weight excluding hydrogens is 262 g/mol. The maximum absolute atomic E-state index is 11.1.